The smallest absolute Gasteiger partial charge is 0.259 e. The van der Waals surface area contributed by atoms with E-state index in [1.54, 1.807) is 29.8 Å². The van der Waals surface area contributed by atoms with E-state index in [9.17, 15) is 9.59 Å². The van der Waals surface area contributed by atoms with Gasteiger partial charge >= 0.3 is 0 Å². The fraction of sp³-hybridized carbons (Fsp3) is 0.167. The zero-order chi connectivity index (χ0) is 20.2. The van der Waals surface area contributed by atoms with E-state index in [1.165, 1.54) is 5.56 Å². The SMILES string of the molecule is CN1C(=O)c2ccccc2Sc2ccc(C(=O)NCCCc3ccccc3)cc21. The third-order valence-electron chi connectivity index (χ3n) is 5.00. The molecule has 0 unspecified atom stereocenters. The number of hydrogen-bond donors (Lipinski definition) is 1. The number of nitrogens with zero attached hydrogens (tertiary/aromatic N) is 1. The molecule has 0 radical (unpaired) electrons. The summed E-state index contributed by atoms with van der Waals surface area (Å²) < 4.78 is 0. The highest BCUT2D eigenvalue weighted by atomic mass is 32.2. The monoisotopic (exact) mass is 402 g/mol. The predicted molar refractivity (Wildman–Crippen MR) is 117 cm³/mol. The van der Waals surface area contributed by atoms with Crippen LogP contribution in [-0.2, 0) is 6.42 Å². The Kier molecular flexibility index (Phi) is 5.67. The number of amides is 2. The van der Waals surface area contributed by atoms with E-state index < -0.39 is 0 Å². The molecule has 0 atom stereocenters. The number of aryl methyl sites for hydroxylation is 1. The van der Waals surface area contributed by atoms with Gasteiger partial charge in [-0.3, -0.25) is 9.59 Å². The number of fused-ring (bicyclic) bond motifs is 2. The van der Waals surface area contributed by atoms with Gasteiger partial charge in [-0.2, -0.15) is 0 Å². The van der Waals surface area contributed by atoms with Crippen LogP contribution in [-0.4, -0.2) is 25.4 Å². The lowest BCUT2D eigenvalue weighted by molar-refractivity contribution is 0.0950. The molecular weight excluding hydrogens is 380 g/mol. The molecule has 1 heterocycles. The molecular formula is C24H22N2O2S. The van der Waals surface area contributed by atoms with E-state index in [0.29, 0.717) is 17.7 Å². The minimum Gasteiger partial charge on any atom is -0.352 e. The van der Waals surface area contributed by atoms with E-state index in [1.807, 2.05) is 54.6 Å². The van der Waals surface area contributed by atoms with E-state index in [4.69, 9.17) is 0 Å². The number of nitrogens with one attached hydrogen (secondary N) is 1. The molecule has 3 aromatic carbocycles. The van der Waals surface area contributed by atoms with Crippen molar-refractivity contribution in [2.75, 3.05) is 18.5 Å². The third kappa shape index (κ3) is 4.20. The number of benzene rings is 3. The normalized spacial score (nSPS) is 12.7. The van der Waals surface area contributed by atoms with Gasteiger partial charge in [0, 0.05) is 28.9 Å². The summed E-state index contributed by atoms with van der Waals surface area (Å²) in [6.07, 6.45) is 1.81. The molecule has 4 nitrogen and oxygen atoms in total. The average molecular weight is 403 g/mol. The van der Waals surface area contributed by atoms with Crippen molar-refractivity contribution in [3.63, 3.8) is 0 Å². The van der Waals surface area contributed by atoms with Crippen LogP contribution in [0.25, 0.3) is 0 Å². The molecule has 5 heteroatoms. The predicted octanol–water partition coefficient (Wildman–Crippen LogP) is 4.79. The van der Waals surface area contributed by atoms with Crippen molar-refractivity contribution in [3.05, 3.63) is 89.5 Å². The van der Waals surface area contributed by atoms with Crippen LogP contribution >= 0.6 is 11.8 Å². The molecule has 0 aliphatic carbocycles. The maximum Gasteiger partial charge on any atom is 0.259 e. The molecule has 1 N–H and O–H groups in total. The largest absolute Gasteiger partial charge is 0.352 e. The van der Waals surface area contributed by atoms with Crippen molar-refractivity contribution >= 4 is 29.3 Å². The molecule has 0 fully saturated rings. The van der Waals surface area contributed by atoms with Crippen LogP contribution in [0.3, 0.4) is 0 Å². The number of carbonyl (C=O) groups is 2. The molecule has 1 aliphatic rings. The maximum atomic E-state index is 12.8. The van der Waals surface area contributed by atoms with Gasteiger partial charge in [-0.1, -0.05) is 54.2 Å². The Morgan fingerprint density at radius 1 is 0.966 bits per heavy atom. The summed E-state index contributed by atoms with van der Waals surface area (Å²) in [4.78, 5) is 29.0. The van der Waals surface area contributed by atoms with E-state index in [-0.39, 0.29) is 11.8 Å². The molecule has 3 aromatic rings. The molecule has 4 rings (SSSR count). The van der Waals surface area contributed by atoms with Gasteiger partial charge < -0.3 is 10.2 Å². The lowest BCUT2D eigenvalue weighted by atomic mass is 10.1. The van der Waals surface area contributed by atoms with Crippen molar-refractivity contribution < 1.29 is 9.59 Å². The van der Waals surface area contributed by atoms with Crippen LogP contribution < -0.4 is 10.2 Å². The summed E-state index contributed by atoms with van der Waals surface area (Å²) >= 11 is 1.56. The highest BCUT2D eigenvalue weighted by Crippen LogP contribution is 2.41. The number of anilines is 1. The summed E-state index contributed by atoms with van der Waals surface area (Å²) in [7, 11) is 1.76. The Bertz CT molecular complexity index is 1050. The Hall–Kier alpha value is -3.05. The van der Waals surface area contributed by atoms with Crippen LogP contribution in [0.15, 0.2) is 82.6 Å². The lowest BCUT2D eigenvalue weighted by Crippen LogP contribution is -2.27. The van der Waals surface area contributed by atoms with Crippen molar-refractivity contribution in [3.8, 4) is 0 Å². The minimum atomic E-state index is -0.117. The van der Waals surface area contributed by atoms with E-state index >= 15 is 0 Å². The standard InChI is InChI=1S/C24H22N2O2S/c1-26-20-16-18(23(27)25-15-7-10-17-8-3-2-4-9-17)13-14-22(20)29-21-12-6-5-11-19(21)24(26)28/h2-6,8-9,11-14,16H,7,10,15H2,1H3,(H,25,27). The number of carbonyl (C=O) groups excluding carboxylic acids is 2. The number of hydrogen-bond acceptors (Lipinski definition) is 3. The van der Waals surface area contributed by atoms with Crippen LogP contribution in [0.2, 0.25) is 0 Å². The van der Waals surface area contributed by atoms with Crippen molar-refractivity contribution in [1.82, 2.24) is 5.32 Å². The zero-order valence-electron chi connectivity index (χ0n) is 16.2. The number of rotatable bonds is 5. The zero-order valence-corrected chi connectivity index (χ0v) is 17.0. The molecule has 0 aromatic heterocycles. The molecule has 0 bridgehead atoms. The van der Waals surface area contributed by atoms with Crippen LogP contribution in [0.5, 0.6) is 0 Å². The lowest BCUT2D eigenvalue weighted by Gasteiger charge is -2.18. The van der Waals surface area contributed by atoms with Gasteiger partial charge in [-0.15, -0.1) is 0 Å². The quantitative estimate of drug-likeness (QED) is 0.624. The highest BCUT2D eigenvalue weighted by Gasteiger charge is 2.25. The van der Waals surface area contributed by atoms with Gasteiger partial charge in [0.05, 0.1) is 11.3 Å². The van der Waals surface area contributed by atoms with Crippen LogP contribution in [0, 0.1) is 0 Å². The Labute approximate surface area is 174 Å². The Morgan fingerprint density at radius 2 is 1.72 bits per heavy atom. The van der Waals surface area contributed by atoms with E-state index in [0.717, 1.165) is 28.3 Å². The average Bonchev–Trinajstić information content (AvgIpc) is 2.86. The third-order valence-corrected chi connectivity index (χ3v) is 6.14. The second kappa shape index (κ2) is 8.53. The first kappa shape index (κ1) is 19.3. The van der Waals surface area contributed by atoms with Gasteiger partial charge in [0.1, 0.15) is 0 Å². The molecule has 2 amide bonds. The van der Waals surface area contributed by atoms with Crippen LogP contribution in [0.4, 0.5) is 5.69 Å². The molecule has 0 spiro atoms. The van der Waals surface area contributed by atoms with Crippen molar-refractivity contribution in [1.29, 1.82) is 0 Å². The fourth-order valence-corrected chi connectivity index (χ4v) is 4.47. The van der Waals surface area contributed by atoms with Gasteiger partial charge in [-0.25, -0.2) is 0 Å². The van der Waals surface area contributed by atoms with E-state index in [2.05, 4.69) is 17.4 Å². The first-order chi connectivity index (χ1) is 14.1. The topological polar surface area (TPSA) is 49.4 Å². The Balaban J connectivity index is 1.45. The summed E-state index contributed by atoms with van der Waals surface area (Å²) in [5.41, 5.74) is 3.27. The fourth-order valence-electron chi connectivity index (χ4n) is 3.39. The minimum absolute atomic E-state index is 0.0627. The second-order valence-electron chi connectivity index (χ2n) is 6.99. The molecule has 29 heavy (non-hydrogen) atoms. The second-order valence-corrected chi connectivity index (χ2v) is 8.07. The summed E-state index contributed by atoms with van der Waals surface area (Å²) in [6, 6.07) is 23.4. The van der Waals surface area contributed by atoms with Gasteiger partial charge in [-0.05, 0) is 48.7 Å². The van der Waals surface area contributed by atoms with Gasteiger partial charge in [0.25, 0.3) is 11.8 Å². The maximum absolute atomic E-state index is 12.8. The highest BCUT2D eigenvalue weighted by molar-refractivity contribution is 7.99. The van der Waals surface area contributed by atoms with Gasteiger partial charge in [0.2, 0.25) is 0 Å². The Morgan fingerprint density at radius 3 is 2.55 bits per heavy atom. The first-order valence-electron chi connectivity index (χ1n) is 9.64. The first-order valence-corrected chi connectivity index (χ1v) is 10.5. The van der Waals surface area contributed by atoms with Crippen molar-refractivity contribution in [2.45, 2.75) is 22.6 Å². The summed E-state index contributed by atoms with van der Waals surface area (Å²) in [5.74, 6) is -0.180. The summed E-state index contributed by atoms with van der Waals surface area (Å²) in [6.45, 7) is 0.611. The molecule has 146 valence electrons. The summed E-state index contributed by atoms with van der Waals surface area (Å²) in [5, 5.41) is 2.99. The van der Waals surface area contributed by atoms with Gasteiger partial charge in [0.15, 0.2) is 0 Å². The van der Waals surface area contributed by atoms with Crippen molar-refractivity contribution in [2.24, 2.45) is 0 Å². The molecule has 0 saturated heterocycles. The molecule has 1 aliphatic heterocycles. The van der Waals surface area contributed by atoms with Crippen LogP contribution in [0.1, 0.15) is 32.7 Å². The molecule has 0 saturated carbocycles.